The molecule has 5 aromatic carbocycles. The van der Waals surface area contributed by atoms with Crippen LogP contribution in [0.15, 0.2) is 91.0 Å². The Morgan fingerprint density at radius 3 is 1.88 bits per heavy atom. The molecule has 0 spiro atoms. The molecule has 6 rings (SSSR count). The Hall–Kier alpha value is -6.68. The predicted octanol–water partition coefficient (Wildman–Crippen LogP) is 5.85. The average molecular weight is 828 g/mol. The van der Waals surface area contributed by atoms with Crippen LogP contribution >= 0.6 is 0 Å². The quantitative estimate of drug-likeness (QED) is 0.0175. The van der Waals surface area contributed by atoms with Gasteiger partial charge in [0, 0.05) is 106 Å². The molecule has 1 heterocycles. The molecular weight excluding hydrogens is 777 g/mol. The van der Waals surface area contributed by atoms with Crippen molar-refractivity contribution in [1.29, 1.82) is 0 Å². The lowest BCUT2D eigenvalue weighted by Gasteiger charge is -2.20. The summed E-state index contributed by atoms with van der Waals surface area (Å²) in [6, 6.07) is 30.2. The fourth-order valence-corrected chi connectivity index (χ4v) is 6.54. The second-order valence-corrected chi connectivity index (χ2v) is 13.9. The van der Waals surface area contributed by atoms with Gasteiger partial charge >= 0.3 is 0 Å². The monoisotopic (exact) mass is 827 g/mol. The third-order valence-corrected chi connectivity index (χ3v) is 9.79. The van der Waals surface area contributed by atoms with Gasteiger partial charge in [-0.3, -0.25) is 9.59 Å². The van der Waals surface area contributed by atoms with Crippen LogP contribution in [0.2, 0.25) is 0 Å². The van der Waals surface area contributed by atoms with Gasteiger partial charge in [0.05, 0.1) is 0 Å². The molecule has 16 heteroatoms. The van der Waals surface area contributed by atoms with Gasteiger partial charge in [0.2, 0.25) is 22.6 Å². The van der Waals surface area contributed by atoms with E-state index in [1.165, 1.54) is 5.69 Å². The normalized spacial score (nSPS) is 10.9. The van der Waals surface area contributed by atoms with Crippen molar-refractivity contribution in [2.24, 2.45) is 0 Å². The smallest absolute Gasteiger partial charge is 0.257 e. The van der Waals surface area contributed by atoms with Gasteiger partial charge in [0.25, 0.3) is 5.91 Å². The van der Waals surface area contributed by atoms with E-state index >= 15 is 0 Å². The number of nitrogens with zero attached hydrogens (tertiary/aromatic N) is 4. The molecule has 0 aliphatic heterocycles. The number of amides is 2. The second kappa shape index (κ2) is 20.8. The first-order valence-corrected chi connectivity index (χ1v) is 19.6. The summed E-state index contributed by atoms with van der Waals surface area (Å²) < 4.78 is 56.7. The number of benzene rings is 5. The highest BCUT2D eigenvalue weighted by Crippen LogP contribution is 2.26. The Bertz CT molecular complexity index is 2390. The average Bonchev–Trinajstić information content (AvgIpc) is 3.25. The Kier molecular flexibility index (Phi) is 15.4. The molecule has 0 unspecified atom stereocenters. The Labute approximate surface area is 346 Å². The number of rotatable bonds is 16. The Morgan fingerprint density at radius 1 is 0.683 bits per heavy atom. The number of hydrogen-bond acceptors (Lipinski definition) is 9. The van der Waals surface area contributed by atoms with Crippen LogP contribution in [-0.2, 0) is 4.79 Å². The highest BCUT2D eigenvalue weighted by atomic mass is 19.2. The fourth-order valence-electron chi connectivity index (χ4n) is 6.54. The number of anilines is 5. The number of carbonyl (C=O) groups is 2. The Balaban J connectivity index is 0.000000235. The summed E-state index contributed by atoms with van der Waals surface area (Å²) in [7, 11) is 1.93. The largest absolute Gasteiger partial charge is 0.399 e. The highest BCUT2D eigenvalue weighted by Gasteiger charge is 2.28. The van der Waals surface area contributed by atoms with Gasteiger partial charge < -0.3 is 43.0 Å². The van der Waals surface area contributed by atoms with Crippen molar-refractivity contribution in [3.63, 3.8) is 0 Å². The molecule has 2 amide bonds. The van der Waals surface area contributed by atoms with Crippen molar-refractivity contribution in [3.05, 3.63) is 120 Å². The first-order chi connectivity index (χ1) is 28.8. The minimum atomic E-state index is -1.86. The minimum Gasteiger partial charge on any atom is -0.399 e. The maximum Gasteiger partial charge on any atom is 0.257 e. The molecule has 0 radical (unpaired) electrons. The van der Waals surface area contributed by atoms with Crippen molar-refractivity contribution >= 4 is 62.3 Å². The summed E-state index contributed by atoms with van der Waals surface area (Å²) in [5, 5.41) is 7.80. The van der Waals surface area contributed by atoms with Crippen molar-refractivity contribution in [2.75, 3.05) is 79.9 Å². The van der Waals surface area contributed by atoms with E-state index in [0.717, 1.165) is 52.2 Å². The molecule has 12 nitrogen and oxygen atoms in total. The zero-order valence-electron chi connectivity index (χ0n) is 33.9. The van der Waals surface area contributed by atoms with E-state index in [9.17, 15) is 27.2 Å². The molecule has 0 atom stereocenters. The van der Waals surface area contributed by atoms with E-state index in [1.54, 1.807) is 0 Å². The van der Waals surface area contributed by atoms with Gasteiger partial charge in [-0.1, -0.05) is 18.2 Å². The predicted molar refractivity (Wildman–Crippen MR) is 231 cm³/mol. The first-order valence-electron chi connectivity index (χ1n) is 19.6. The number of aromatic nitrogens is 2. The van der Waals surface area contributed by atoms with Crippen LogP contribution in [0.3, 0.4) is 0 Å². The van der Waals surface area contributed by atoms with E-state index in [1.807, 2.05) is 60.5 Å². The summed E-state index contributed by atoms with van der Waals surface area (Å²) in [5.41, 5.74) is 22.7. The van der Waals surface area contributed by atoms with E-state index < -0.39 is 40.4 Å². The molecule has 60 heavy (non-hydrogen) atoms. The number of hydrogen-bond donors (Lipinski definition) is 6. The molecule has 316 valence electrons. The van der Waals surface area contributed by atoms with Crippen LogP contribution in [0.1, 0.15) is 37.0 Å². The molecule has 1 aromatic heterocycles. The van der Waals surface area contributed by atoms with Crippen LogP contribution < -0.4 is 47.5 Å². The van der Waals surface area contributed by atoms with Gasteiger partial charge in [-0.15, -0.1) is 4.57 Å². The van der Waals surface area contributed by atoms with Crippen molar-refractivity contribution in [3.8, 4) is 5.69 Å². The van der Waals surface area contributed by atoms with Gasteiger partial charge in [-0.2, -0.15) is 0 Å². The topological polar surface area (TPSA) is 172 Å². The zero-order valence-corrected chi connectivity index (χ0v) is 33.9. The number of nitrogens with two attached hydrogens (primary N) is 3. The Morgan fingerprint density at radius 2 is 1.25 bits per heavy atom. The fraction of sp³-hybridized carbons (Fsp3) is 0.273. The van der Waals surface area contributed by atoms with Crippen LogP contribution in [0, 0.1) is 23.3 Å². The van der Waals surface area contributed by atoms with Gasteiger partial charge in [-0.05, 0) is 68.8 Å². The highest BCUT2D eigenvalue weighted by molar-refractivity contribution is 5.95. The SMILES string of the molecule is CCN(CC)c1ccc2nc3ccc(N)cc3[n+](-c3ccccc3)c2c1.CN(CCCC(=O)NCCNCCNC(=O)c1c(F)c(F)c(N)c(F)c1F)c1ccc(N)cc1. The second-order valence-electron chi connectivity index (χ2n) is 13.9. The van der Waals surface area contributed by atoms with Crippen molar-refractivity contribution < 1.29 is 31.7 Å². The van der Waals surface area contributed by atoms with Crippen molar-refractivity contribution in [2.45, 2.75) is 26.7 Å². The molecule has 0 fully saturated rings. The van der Waals surface area contributed by atoms with E-state index in [4.69, 9.17) is 22.2 Å². The van der Waals surface area contributed by atoms with Crippen LogP contribution in [0.4, 0.5) is 46.0 Å². The summed E-state index contributed by atoms with van der Waals surface area (Å²) in [5.74, 6) is -8.79. The maximum absolute atomic E-state index is 13.8. The third-order valence-electron chi connectivity index (χ3n) is 9.79. The minimum absolute atomic E-state index is 0.0727. The number of nitrogens with one attached hydrogen (secondary N) is 3. The van der Waals surface area contributed by atoms with Crippen LogP contribution in [-0.4, -0.2) is 69.7 Å². The van der Waals surface area contributed by atoms with Crippen LogP contribution in [0.25, 0.3) is 27.8 Å². The molecule has 6 aromatic rings. The lowest BCUT2D eigenvalue weighted by Crippen LogP contribution is -2.37. The van der Waals surface area contributed by atoms with Gasteiger partial charge in [0.1, 0.15) is 22.3 Å². The lowest BCUT2D eigenvalue weighted by molar-refractivity contribution is -0.538. The number of nitrogen functional groups attached to an aromatic ring is 3. The number of para-hydroxylation sites is 1. The van der Waals surface area contributed by atoms with E-state index in [-0.39, 0.29) is 19.0 Å². The summed E-state index contributed by atoms with van der Waals surface area (Å²) in [4.78, 5) is 33.0. The molecule has 0 aliphatic carbocycles. The standard InChI is InChI=1S/C22H28F4N6O2.C22H22N4/c1-32(14-6-4-13(27)5-7-14)12-2-3-15(33)30-10-8-29-9-11-31-22(34)16-17(23)19(25)21(28)20(26)18(16)24;1-3-25(4-2)18-11-13-20-22(15-18)26(17-8-6-5-7-9-17)21-14-16(23)10-12-19(21)24-20/h4-7,29H,2-3,8-12,27-28H2,1H3,(H,30,33)(H,31,34);5-15,23H,3-4H2,1-2H3/p+1. The number of halogens is 4. The number of fused-ring (bicyclic) bond motifs is 2. The molecular formula is C44H51F4N10O2+. The third kappa shape index (κ3) is 10.9. The van der Waals surface area contributed by atoms with E-state index in [2.05, 4.69) is 81.7 Å². The van der Waals surface area contributed by atoms with E-state index in [0.29, 0.717) is 38.2 Å². The molecule has 0 aliphatic rings. The summed E-state index contributed by atoms with van der Waals surface area (Å²) in [6.07, 6.45) is 1.01. The summed E-state index contributed by atoms with van der Waals surface area (Å²) in [6.45, 7) is 7.82. The maximum atomic E-state index is 13.8. The van der Waals surface area contributed by atoms with Gasteiger partial charge in [0.15, 0.2) is 23.3 Å². The lowest BCUT2D eigenvalue weighted by atomic mass is 10.1. The molecule has 9 N–H and O–H groups in total. The zero-order chi connectivity index (χ0) is 43.3. The summed E-state index contributed by atoms with van der Waals surface area (Å²) >= 11 is 0. The van der Waals surface area contributed by atoms with Crippen molar-refractivity contribution in [1.82, 2.24) is 20.9 Å². The first kappa shape index (κ1) is 44.4. The molecule has 0 saturated heterocycles. The molecule has 0 bridgehead atoms. The van der Waals surface area contributed by atoms with Gasteiger partial charge in [-0.25, -0.2) is 22.5 Å². The van der Waals surface area contributed by atoms with Crippen LogP contribution in [0.5, 0.6) is 0 Å². The molecule has 0 saturated carbocycles. The number of carbonyl (C=O) groups excluding carboxylic acids is 2.